The zero-order valence-electron chi connectivity index (χ0n) is 9.88. The van der Waals surface area contributed by atoms with E-state index in [1.807, 2.05) is 0 Å². The van der Waals surface area contributed by atoms with E-state index in [2.05, 4.69) is 9.71 Å². The summed E-state index contributed by atoms with van der Waals surface area (Å²) < 4.78 is 38.8. The Bertz CT molecular complexity index is 635. The van der Waals surface area contributed by atoms with E-state index in [4.69, 9.17) is 5.73 Å². The first kappa shape index (κ1) is 13.3. The number of rotatable bonds is 4. The molecule has 0 bridgehead atoms. The Morgan fingerprint density at radius 2 is 1.95 bits per heavy atom. The number of nitrogen functional groups attached to an aromatic ring is 1. The van der Waals surface area contributed by atoms with Crippen LogP contribution >= 0.6 is 0 Å². The number of benzene rings is 1. The van der Waals surface area contributed by atoms with Gasteiger partial charge < -0.3 is 5.73 Å². The Balaban J connectivity index is 2.15. The number of aromatic nitrogens is 1. The molecular formula is C12H12FN3O2S. The van der Waals surface area contributed by atoms with Crippen LogP contribution in [0.15, 0.2) is 42.5 Å². The van der Waals surface area contributed by atoms with Gasteiger partial charge >= 0.3 is 0 Å². The minimum atomic E-state index is -3.66. The van der Waals surface area contributed by atoms with Crippen LogP contribution in [-0.2, 0) is 15.8 Å². The molecular weight excluding hydrogens is 269 g/mol. The van der Waals surface area contributed by atoms with Gasteiger partial charge in [0.25, 0.3) is 0 Å². The van der Waals surface area contributed by atoms with E-state index in [1.165, 1.54) is 12.1 Å². The molecule has 0 spiro atoms. The molecule has 100 valence electrons. The van der Waals surface area contributed by atoms with Crippen LogP contribution in [0.1, 0.15) is 5.56 Å². The van der Waals surface area contributed by atoms with E-state index in [-0.39, 0.29) is 11.6 Å². The highest BCUT2D eigenvalue weighted by Crippen LogP contribution is 2.13. The summed E-state index contributed by atoms with van der Waals surface area (Å²) >= 11 is 0. The lowest BCUT2D eigenvalue weighted by Crippen LogP contribution is -2.16. The minimum Gasteiger partial charge on any atom is -0.399 e. The number of sulfonamides is 1. The van der Waals surface area contributed by atoms with Gasteiger partial charge in [0.1, 0.15) is 5.82 Å². The van der Waals surface area contributed by atoms with Gasteiger partial charge in [-0.2, -0.15) is 4.39 Å². The van der Waals surface area contributed by atoms with Crippen molar-refractivity contribution < 1.29 is 12.8 Å². The van der Waals surface area contributed by atoms with Crippen molar-refractivity contribution in [1.82, 2.24) is 4.98 Å². The van der Waals surface area contributed by atoms with Crippen molar-refractivity contribution in [2.45, 2.75) is 5.75 Å². The topological polar surface area (TPSA) is 85.1 Å². The fraction of sp³-hybridized carbons (Fsp3) is 0.0833. The third kappa shape index (κ3) is 3.92. The second-order valence-corrected chi connectivity index (χ2v) is 5.67. The molecule has 1 aromatic carbocycles. The normalized spacial score (nSPS) is 11.2. The number of nitrogens with zero attached hydrogens (tertiary/aromatic N) is 1. The fourth-order valence-corrected chi connectivity index (χ4v) is 2.69. The quantitative estimate of drug-likeness (QED) is 0.660. The summed E-state index contributed by atoms with van der Waals surface area (Å²) in [5.41, 5.74) is 6.60. The molecule has 0 aliphatic carbocycles. The first-order valence-electron chi connectivity index (χ1n) is 5.42. The molecule has 2 rings (SSSR count). The maximum Gasteiger partial charge on any atom is 0.238 e. The van der Waals surface area contributed by atoms with Gasteiger partial charge in [-0.15, -0.1) is 0 Å². The predicted molar refractivity (Wildman–Crippen MR) is 71.3 cm³/mol. The highest BCUT2D eigenvalue weighted by Gasteiger charge is 2.13. The van der Waals surface area contributed by atoms with Crippen LogP contribution in [0, 0.1) is 5.95 Å². The Kier molecular flexibility index (Phi) is 3.66. The van der Waals surface area contributed by atoms with Crippen molar-refractivity contribution in [2.24, 2.45) is 0 Å². The summed E-state index contributed by atoms with van der Waals surface area (Å²) in [7, 11) is -3.66. The maximum absolute atomic E-state index is 12.9. The van der Waals surface area contributed by atoms with Crippen molar-refractivity contribution in [3.8, 4) is 0 Å². The van der Waals surface area contributed by atoms with E-state index in [9.17, 15) is 12.8 Å². The first-order chi connectivity index (χ1) is 8.94. The zero-order chi connectivity index (χ0) is 13.9. The molecule has 0 atom stereocenters. The molecule has 0 aliphatic heterocycles. The average Bonchev–Trinajstić information content (AvgIpc) is 2.27. The Morgan fingerprint density at radius 1 is 1.21 bits per heavy atom. The number of nitrogens with two attached hydrogens (primary N) is 1. The molecule has 0 saturated carbocycles. The number of hydrogen-bond acceptors (Lipinski definition) is 4. The minimum absolute atomic E-state index is 0.0519. The molecule has 5 nitrogen and oxygen atoms in total. The Hall–Kier alpha value is -2.15. The fourth-order valence-electron chi connectivity index (χ4n) is 1.56. The maximum atomic E-state index is 12.9. The molecule has 19 heavy (non-hydrogen) atoms. The summed E-state index contributed by atoms with van der Waals surface area (Å²) in [6.07, 6.45) is 0. The van der Waals surface area contributed by atoms with Crippen molar-refractivity contribution in [1.29, 1.82) is 0 Å². The molecule has 2 aromatic rings. The smallest absolute Gasteiger partial charge is 0.238 e. The van der Waals surface area contributed by atoms with Crippen LogP contribution in [0.25, 0.3) is 0 Å². The van der Waals surface area contributed by atoms with E-state index in [1.54, 1.807) is 24.3 Å². The molecule has 0 amide bonds. The molecule has 1 heterocycles. The van der Waals surface area contributed by atoms with Gasteiger partial charge in [0, 0.05) is 5.69 Å². The molecule has 1 aromatic heterocycles. The Morgan fingerprint density at radius 3 is 2.63 bits per heavy atom. The van der Waals surface area contributed by atoms with Gasteiger partial charge in [-0.05, 0) is 29.8 Å². The summed E-state index contributed by atoms with van der Waals surface area (Å²) in [6, 6.07) is 10.4. The second kappa shape index (κ2) is 5.23. The third-order valence-electron chi connectivity index (χ3n) is 2.28. The number of pyridine rings is 1. The molecule has 0 radical (unpaired) electrons. The van der Waals surface area contributed by atoms with E-state index in [0.29, 0.717) is 11.3 Å². The first-order valence-corrected chi connectivity index (χ1v) is 7.07. The number of hydrogen-bond donors (Lipinski definition) is 2. The summed E-state index contributed by atoms with van der Waals surface area (Å²) in [5, 5.41) is 0. The highest BCUT2D eigenvalue weighted by molar-refractivity contribution is 7.91. The standard InChI is InChI=1S/C12H12FN3O2S/c13-11-5-2-6-12(15-11)16-19(17,18)8-9-3-1-4-10(14)7-9/h1-7H,8,14H2,(H,15,16). The predicted octanol–water partition coefficient (Wildman–Crippen LogP) is 1.74. The van der Waals surface area contributed by atoms with Crippen molar-refractivity contribution in [3.05, 3.63) is 54.0 Å². The number of nitrogens with one attached hydrogen (secondary N) is 1. The summed E-state index contributed by atoms with van der Waals surface area (Å²) in [6.45, 7) is 0. The number of anilines is 2. The highest BCUT2D eigenvalue weighted by atomic mass is 32.2. The molecule has 0 unspecified atom stereocenters. The van der Waals surface area contributed by atoms with Gasteiger partial charge in [0.15, 0.2) is 0 Å². The molecule has 0 aliphatic rings. The third-order valence-corrected chi connectivity index (χ3v) is 3.52. The van der Waals surface area contributed by atoms with Crippen LogP contribution in [-0.4, -0.2) is 13.4 Å². The van der Waals surface area contributed by atoms with Crippen molar-refractivity contribution in [2.75, 3.05) is 10.5 Å². The van der Waals surface area contributed by atoms with Gasteiger partial charge in [0.2, 0.25) is 16.0 Å². The van der Waals surface area contributed by atoms with Crippen LogP contribution in [0.3, 0.4) is 0 Å². The SMILES string of the molecule is Nc1cccc(CS(=O)(=O)Nc2cccc(F)n2)c1. The monoisotopic (exact) mass is 281 g/mol. The van der Waals surface area contributed by atoms with Crippen molar-refractivity contribution in [3.63, 3.8) is 0 Å². The van der Waals surface area contributed by atoms with Crippen LogP contribution < -0.4 is 10.5 Å². The summed E-state index contributed by atoms with van der Waals surface area (Å²) in [5.74, 6) is -1.05. The lowest BCUT2D eigenvalue weighted by atomic mass is 10.2. The molecule has 0 saturated heterocycles. The molecule has 7 heteroatoms. The summed E-state index contributed by atoms with van der Waals surface area (Å²) in [4.78, 5) is 3.44. The van der Waals surface area contributed by atoms with Crippen LogP contribution in [0.5, 0.6) is 0 Å². The lowest BCUT2D eigenvalue weighted by Gasteiger charge is -2.07. The van der Waals surface area contributed by atoms with Gasteiger partial charge in [-0.1, -0.05) is 18.2 Å². The Labute approximate surface area is 110 Å². The van der Waals surface area contributed by atoms with E-state index >= 15 is 0 Å². The van der Waals surface area contributed by atoms with E-state index < -0.39 is 16.0 Å². The molecule has 3 N–H and O–H groups in total. The average molecular weight is 281 g/mol. The van der Waals surface area contributed by atoms with Crippen LogP contribution in [0.2, 0.25) is 0 Å². The zero-order valence-corrected chi connectivity index (χ0v) is 10.7. The van der Waals surface area contributed by atoms with Gasteiger partial charge in [0.05, 0.1) is 5.75 Å². The number of halogens is 1. The van der Waals surface area contributed by atoms with Gasteiger partial charge in [-0.25, -0.2) is 13.4 Å². The van der Waals surface area contributed by atoms with Gasteiger partial charge in [-0.3, -0.25) is 4.72 Å². The largest absolute Gasteiger partial charge is 0.399 e. The van der Waals surface area contributed by atoms with Crippen molar-refractivity contribution >= 4 is 21.5 Å². The second-order valence-electron chi connectivity index (χ2n) is 3.95. The van der Waals surface area contributed by atoms with E-state index in [0.717, 1.165) is 6.07 Å². The lowest BCUT2D eigenvalue weighted by molar-refractivity contribution is 0.584. The molecule has 0 fully saturated rings. The van der Waals surface area contributed by atoms with Crippen LogP contribution in [0.4, 0.5) is 15.9 Å².